The summed E-state index contributed by atoms with van der Waals surface area (Å²) < 4.78 is 0. The summed E-state index contributed by atoms with van der Waals surface area (Å²) in [5.41, 5.74) is 0.305. The molecule has 0 aromatic carbocycles. The van der Waals surface area contributed by atoms with Crippen LogP contribution in [0.25, 0.3) is 0 Å². The molecule has 0 aromatic heterocycles. The van der Waals surface area contributed by atoms with Crippen molar-refractivity contribution < 1.29 is 0 Å². The molecule has 0 heterocycles. The smallest absolute Gasteiger partial charge is 0.126 e. The maximum absolute atomic E-state index is 5.87. The van der Waals surface area contributed by atoms with Crippen LogP contribution < -0.4 is 0 Å². The van der Waals surface area contributed by atoms with Crippen LogP contribution in [0.15, 0.2) is 0 Å². The Bertz CT molecular complexity index is 111. The number of hydrogen-bond donors (Lipinski definition) is 0. The normalized spacial score (nSPS) is 14.8. The van der Waals surface area contributed by atoms with Crippen LogP contribution in [0, 0.1) is 0 Å². The molecule has 0 bridgehead atoms. The third-order valence-electron chi connectivity index (χ3n) is 2.05. The Balaban J connectivity index is 3.38. The van der Waals surface area contributed by atoms with Gasteiger partial charge in [-0.05, 0) is 12.0 Å². The first-order valence-electron chi connectivity index (χ1n) is 4.55. The third kappa shape index (κ3) is 6.59. The molecular formula is C8H17Cl3Si. The molecule has 0 radical (unpaired) electrons. The van der Waals surface area contributed by atoms with E-state index in [0.29, 0.717) is 5.54 Å². The molecular weight excluding hydrogens is 231 g/mol. The van der Waals surface area contributed by atoms with Crippen LogP contribution in [0.1, 0.15) is 46.0 Å². The van der Waals surface area contributed by atoms with Gasteiger partial charge in [0.2, 0.25) is 0 Å². The van der Waals surface area contributed by atoms with E-state index >= 15 is 0 Å². The molecule has 0 rings (SSSR count). The van der Waals surface area contributed by atoms with Gasteiger partial charge in [-0.3, -0.25) is 0 Å². The van der Waals surface area contributed by atoms with Crippen LogP contribution in [0.4, 0.5) is 0 Å². The van der Waals surface area contributed by atoms with E-state index in [2.05, 4.69) is 6.92 Å². The summed E-state index contributed by atoms with van der Waals surface area (Å²) in [6.45, 7) is 4.25. The lowest BCUT2D eigenvalue weighted by Crippen LogP contribution is -2.16. The van der Waals surface area contributed by atoms with Crippen molar-refractivity contribution in [1.82, 2.24) is 0 Å². The van der Waals surface area contributed by atoms with Gasteiger partial charge in [0.05, 0.1) is 0 Å². The Labute approximate surface area is 90.7 Å². The van der Waals surface area contributed by atoms with E-state index in [-0.39, 0.29) is 0 Å². The highest BCUT2D eigenvalue weighted by Crippen LogP contribution is 2.36. The van der Waals surface area contributed by atoms with Crippen LogP contribution in [0.3, 0.4) is 0 Å². The fourth-order valence-electron chi connectivity index (χ4n) is 1.04. The van der Waals surface area contributed by atoms with Gasteiger partial charge in [0.1, 0.15) is 0 Å². The average molecular weight is 248 g/mol. The summed E-state index contributed by atoms with van der Waals surface area (Å²) in [6, 6.07) is -2.40. The first-order valence-corrected chi connectivity index (χ1v) is 9.66. The minimum atomic E-state index is -2.40. The lowest BCUT2D eigenvalue weighted by atomic mass is 10.1. The number of rotatable bonds is 6. The van der Waals surface area contributed by atoms with Crippen LogP contribution >= 0.6 is 33.2 Å². The monoisotopic (exact) mass is 246 g/mol. The van der Waals surface area contributed by atoms with Gasteiger partial charge in [-0.25, -0.2) is 0 Å². The van der Waals surface area contributed by atoms with Gasteiger partial charge in [-0.2, -0.15) is 0 Å². The summed E-state index contributed by atoms with van der Waals surface area (Å²) in [5, 5.41) is 0. The fourth-order valence-corrected chi connectivity index (χ4v) is 2.55. The number of hydrogen-bond acceptors (Lipinski definition) is 0. The zero-order valence-corrected chi connectivity index (χ0v) is 11.0. The lowest BCUT2D eigenvalue weighted by molar-refractivity contribution is 0.622. The SMILES string of the molecule is CCCCCC[C@H](C)[Si](Cl)(Cl)Cl. The summed E-state index contributed by atoms with van der Waals surface area (Å²) in [4.78, 5) is 0. The predicted molar refractivity (Wildman–Crippen MR) is 61.5 cm³/mol. The number of unbranched alkanes of at least 4 members (excludes halogenated alkanes) is 3. The molecule has 0 aliphatic carbocycles. The highest BCUT2D eigenvalue weighted by atomic mass is 35.8. The van der Waals surface area contributed by atoms with Crippen molar-refractivity contribution in [2.75, 3.05) is 0 Å². The summed E-state index contributed by atoms with van der Waals surface area (Å²) in [5.74, 6) is 0. The zero-order valence-electron chi connectivity index (χ0n) is 7.75. The van der Waals surface area contributed by atoms with Gasteiger partial charge in [0, 0.05) is 0 Å². The van der Waals surface area contributed by atoms with Crippen LogP contribution in [-0.4, -0.2) is 6.00 Å². The molecule has 0 fully saturated rings. The molecule has 4 heteroatoms. The van der Waals surface area contributed by atoms with Crippen molar-refractivity contribution in [2.24, 2.45) is 0 Å². The predicted octanol–water partition coefficient (Wildman–Crippen LogP) is 5.00. The van der Waals surface area contributed by atoms with E-state index in [0.717, 1.165) is 6.42 Å². The van der Waals surface area contributed by atoms with Crippen molar-refractivity contribution in [3.8, 4) is 0 Å². The van der Waals surface area contributed by atoms with Crippen molar-refractivity contribution in [3.63, 3.8) is 0 Å². The summed E-state index contributed by atoms with van der Waals surface area (Å²) in [7, 11) is 0. The van der Waals surface area contributed by atoms with E-state index in [1.54, 1.807) is 0 Å². The second kappa shape index (κ2) is 6.53. The fraction of sp³-hybridized carbons (Fsp3) is 1.00. The molecule has 0 unspecified atom stereocenters. The molecule has 0 aliphatic rings. The van der Waals surface area contributed by atoms with E-state index in [1.807, 2.05) is 6.92 Å². The lowest BCUT2D eigenvalue weighted by Gasteiger charge is -2.16. The maximum atomic E-state index is 5.87. The Morgan fingerprint density at radius 3 is 2.08 bits per heavy atom. The first-order chi connectivity index (χ1) is 5.48. The standard InChI is InChI=1S/C8H17Cl3Si/c1-3-4-5-6-7-8(2)12(9,10)11/h8H,3-7H2,1-2H3/t8-/m0/s1. The van der Waals surface area contributed by atoms with Gasteiger partial charge in [0.15, 0.2) is 0 Å². The molecule has 74 valence electrons. The average Bonchev–Trinajstić information content (AvgIpc) is 1.96. The first kappa shape index (κ1) is 13.1. The van der Waals surface area contributed by atoms with Gasteiger partial charge in [-0.15, -0.1) is 33.2 Å². The minimum absolute atomic E-state index is 0.305. The van der Waals surface area contributed by atoms with Gasteiger partial charge in [0.25, 0.3) is 0 Å². The highest BCUT2D eigenvalue weighted by Gasteiger charge is 2.32. The molecule has 1 atom stereocenters. The van der Waals surface area contributed by atoms with Crippen LogP contribution in [-0.2, 0) is 0 Å². The van der Waals surface area contributed by atoms with E-state index < -0.39 is 6.00 Å². The van der Waals surface area contributed by atoms with Crippen LogP contribution in [0.2, 0.25) is 5.54 Å². The van der Waals surface area contributed by atoms with E-state index in [4.69, 9.17) is 33.2 Å². The topological polar surface area (TPSA) is 0 Å². The largest absolute Gasteiger partial charge is 0.344 e. The molecule has 0 N–H and O–H groups in total. The van der Waals surface area contributed by atoms with Crippen molar-refractivity contribution in [3.05, 3.63) is 0 Å². The molecule has 12 heavy (non-hydrogen) atoms. The van der Waals surface area contributed by atoms with Crippen molar-refractivity contribution in [1.29, 1.82) is 0 Å². The Hall–Kier alpha value is 1.09. The van der Waals surface area contributed by atoms with Gasteiger partial charge < -0.3 is 0 Å². The molecule has 0 aromatic rings. The zero-order chi connectivity index (χ0) is 9.61. The van der Waals surface area contributed by atoms with E-state index in [9.17, 15) is 0 Å². The molecule has 0 saturated carbocycles. The molecule has 0 nitrogen and oxygen atoms in total. The Morgan fingerprint density at radius 1 is 1.08 bits per heavy atom. The van der Waals surface area contributed by atoms with Gasteiger partial charge in [-0.1, -0.05) is 39.5 Å². The van der Waals surface area contributed by atoms with E-state index in [1.165, 1.54) is 25.7 Å². The maximum Gasteiger partial charge on any atom is 0.344 e. The van der Waals surface area contributed by atoms with Crippen molar-refractivity contribution in [2.45, 2.75) is 51.5 Å². The summed E-state index contributed by atoms with van der Waals surface area (Å²) >= 11 is 17.6. The second-order valence-corrected chi connectivity index (χ2v) is 12.5. The van der Waals surface area contributed by atoms with Crippen molar-refractivity contribution >= 4 is 39.2 Å². The quantitative estimate of drug-likeness (QED) is 0.352. The molecule has 0 aliphatic heterocycles. The molecule has 0 saturated heterocycles. The molecule has 0 amide bonds. The highest BCUT2D eigenvalue weighted by molar-refractivity contribution is 7.65. The number of halogens is 3. The minimum Gasteiger partial charge on any atom is -0.126 e. The Kier molecular flexibility index (Phi) is 7.12. The second-order valence-electron chi connectivity index (χ2n) is 3.29. The summed E-state index contributed by atoms with van der Waals surface area (Å²) in [6.07, 6.45) is 6.11. The third-order valence-corrected chi connectivity index (χ3v) is 6.81. The Morgan fingerprint density at radius 2 is 1.67 bits per heavy atom. The molecule has 0 spiro atoms. The van der Waals surface area contributed by atoms with Crippen LogP contribution in [0.5, 0.6) is 0 Å². The van der Waals surface area contributed by atoms with Gasteiger partial charge >= 0.3 is 6.00 Å².